The van der Waals surface area contributed by atoms with E-state index in [1.807, 2.05) is 20.8 Å². The summed E-state index contributed by atoms with van der Waals surface area (Å²) in [4.78, 5) is 148. The summed E-state index contributed by atoms with van der Waals surface area (Å²) >= 11 is 0. The monoisotopic (exact) mass is 990 g/mol. The molecule has 0 saturated heterocycles. The third-order valence-electron chi connectivity index (χ3n) is 9.76. The van der Waals surface area contributed by atoms with Gasteiger partial charge < -0.3 is 56.4 Å². The average Bonchev–Trinajstić information content (AvgIpc) is 3.95. The van der Waals surface area contributed by atoms with Crippen LogP contribution in [0.2, 0.25) is 0 Å². The van der Waals surface area contributed by atoms with Crippen LogP contribution in [0.1, 0.15) is 62.2 Å². The predicted octanol–water partition coefficient (Wildman–Crippen LogP) is -2.41. The maximum absolute atomic E-state index is 12.9. The van der Waals surface area contributed by atoms with Gasteiger partial charge in [0.1, 0.15) is 6.67 Å². The Bertz CT molecular complexity index is 3360. The summed E-state index contributed by atoms with van der Waals surface area (Å²) in [5.74, 6) is -0.560. The number of carboxylic acid groups (broad SMARTS) is 2. The van der Waals surface area contributed by atoms with Gasteiger partial charge in [0.05, 0.1) is 111 Å². The summed E-state index contributed by atoms with van der Waals surface area (Å²) in [6.45, 7) is 9.57. The van der Waals surface area contributed by atoms with Gasteiger partial charge in [-0.15, -0.1) is 6.58 Å². The number of benzene rings is 3. The Morgan fingerprint density at radius 3 is 1.32 bits per heavy atom. The number of fused-ring (bicyclic) bond motifs is 4. The molecule has 0 spiro atoms. The number of carboxylic acids is 2. The standard InChI is InChI=1S/C23H18N6O10.C10H2O6.C8H20N2O3.C3H6/c24-5-26-16(30)8-1-9(15(23(38)39)4-14(8)22(36)37)17(31)27-7-29-20(34)12-2-10-11(3-13(12)21(29)35)19(33)28(6-25)18(10)32;11-7-3-1-4-6(10(14)16-8(4)12)2-5(3)9(13)15-7;1-7(9)5-11-3-4-12-6-8(2)13-10;1-3-2/h1-4H,5-7,24-25H2,(H,26,30)(H,27,31)(H,36,37)(H,38,39);1-2H;7-8H,3-6,9-10H2,1-2H3;3H,1H2,2H3. The number of hydrogen-bond donors (Lipinski definition) is 8. The summed E-state index contributed by atoms with van der Waals surface area (Å²) in [6, 6.07) is 5.88. The Kier molecular flexibility index (Phi) is 18.8. The molecule has 0 radical (unpaired) electrons. The van der Waals surface area contributed by atoms with E-state index >= 15 is 0 Å². The predicted molar refractivity (Wildman–Crippen MR) is 253 cm³/mol. The number of amides is 2. The molecule has 0 saturated carbocycles. The van der Waals surface area contributed by atoms with Gasteiger partial charge in [-0.25, -0.2) is 34.7 Å². The van der Waals surface area contributed by atoms with Crippen molar-refractivity contribution in [2.75, 3.05) is 33.1 Å². The van der Waals surface area contributed by atoms with Crippen molar-refractivity contribution in [1.29, 1.82) is 0 Å². The zero-order valence-corrected chi connectivity index (χ0v) is 37.9. The van der Waals surface area contributed by atoms with Crippen molar-refractivity contribution in [2.24, 2.45) is 23.1 Å². The largest absolute Gasteiger partial charge is 0.478 e. The number of aromatic carboxylic acids is 2. The number of rotatable bonds is 16. The van der Waals surface area contributed by atoms with Crippen molar-refractivity contribution in [3.8, 4) is 0 Å². The van der Waals surface area contributed by atoms with Gasteiger partial charge in [0.25, 0.3) is 34.1 Å². The Balaban J connectivity index is 0.000000278. The molecule has 376 valence electrons. The van der Waals surface area contributed by atoms with E-state index in [1.165, 1.54) is 0 Å². The Morgan fingerprint density at radius 2 is 0.972 bits per heavy atom. The highest BCUT2D eigenvalue weighted by Crippen LogP contribution is 2.20. The van der Waals surface area contributed by atoms with E-state index in [-0.39, 0.29) is 61.9 Å². The van der Waals surface area contributed by atoms with Crippen LogP contribution in [0, 0.1) is 0 Å². The van der Waals surface area contributed by atoms with Gasteiger partial charge in [-0.1, -0.05) is 6.08 Å². The molecule has 0 aliphatic rings. The van der Waals surface area contributed by atoms with Gasteiger partial charge in [0.15, 0.2) is 0 Å². The quantitative estimate of drug-likeness (QED) is 0.0216. The molecular weight excluding hydrogens is 945 g/mol. The van der Waals surface area contributed by atoms with Gasteiger partial charge in [-0.2, -0.15) is 0 Å². The fourth-order valence-electron chi connectivity index (χ4n) is 6.49. The zero-order valence-electron chi connectivity index (χ0n) is 37.9. The third-order valence-corrected chi connectivity index (χ3v) is 9.76. The van der Waals surface area contributed by atoms with Crippen molar-refractivity contribution in [2.45, 2.75) is 46.3 Å². The molecule has 2 unspecified atom stereocenters. The van der Waals surface area contributed by atoms with Crippen LogP contribution in [0.25, 0.3) is 43.1 Å². The minimum absolute atomic E-state index is 0.0181. The second-order valence-electron chi connectivity index (χ2n) is 14.9. The van der Waals surface area contributed by atoms with E-state index < -0.39 is 104 Å². The smallest absolute Gasteiger partial charge is 0.346 e. The summed E-state index contributed by atoms with van der Waals surface area (Å²) in [5.41, 5.74) is 6.86. The molecule has 4 aromatic heterocycles. The minimum Gasteiger partial charge on any atom is -0.478 e. The van der Waals surface area contributed by atoms with E-state index in [9.17, 15) is 67.7 Å². The van der Waals surface area contributed by atoms with E-state index in [0.717, 1.165) is 34.9 Å². The molecule has 0 aliphatic carbocycles. The van der Waals surface area contributed by atoms with Crippen LogP contribution < -0.4 is 78.5 Å². The van der Waals surface area contributed by atoms with Gasteiger partial charge in [0.2, 0.25) is 0 Å². The SMILES string of the molecule is C=CC.CC(N)COCCOCC(C)ON.NCNC(=O)c1cc(C(=O)NCn2c(=O)c3cc4c(=O)n(CN)c(=O)c4cc3c2=O)c(C(=O)O)cc1C(=O)O.O=c1oc(=O)c2cc3c(=O)oc(=O)c3cc12. The highest BCUT2D eigenvalue weighted by Gasteiger charge is 2.26. The van der Waals surface area contributed by atoms with Crippen LogP contribution in [0.15, 0.2) is 96.2 Å². The number of nitrogens with zero attached hydrogens (tertiary/aromatic N) is 2. The molecule has 7 aromatic rings. The molecule has 27 nitrogen and oxygen atoms in total. The fourth-order valence-corrected chi connectivity index (χ4v) is 6.49. The minimum atomic E-state index is -1.69. The number of allylic oxidation sites excluding steroid dienone is 1. The summed E-state index contributed by atoms with van der Waals surface area (Å²) in [5, 5.41) is 22.5. The number of ether oxygens (including phenoxy) is 2. The van der Waals surface area contributed by atoms with Gasteiger partial charge in [-0.05, 0) is 57.2 Å². The first-order chi connectivity index (χ1) is 33.6. The van der Waals surface area contributed by atoms with E-state index in [2.05, 4.69) is 30.9 Å². The van der Waals surface area contributed by atoms with Crippen molar-refractivity contribution in [3.05, 3.63) is 154 Å². The van der Waals surface area contributed by atoms with Crippen LogP contribution >= 0.6 is 0 Å². The van der Waals surface area contributed by atoms with Crippen molar-refractivity contribution >= 4 is 66.8 Å². The molecule has 4 heterocycles. The third kappa shape index (κ3) is 12.4. The lowest BCUT2D eigenvalue weighted by atomic mass is 9.97. The Morgan fingerprint density at radius 1 is 0.620 bits per heavy atom. The van der Waals surface area contributed by atoms with Crippen LogP contribution in [-0.4, -0.2) is 88.3 Å². The number of carbonyl (C=O) groups is 4. The molecular formula is C44H46N8O19. The number of furan rings is 2. The normalized spacial score (nSPS) is 11.8. The number of nitrogens with two attached hydrogens (primary N) is 4. The lowest BCUT2D eigenvalue weighted by Crippen LogP contribution is -2.36. The van der Waals surface area contributed by atoms with E-state index in [4.69, 9.17) is 32.6 Å². The van der Waals surface area contributed by atoms with Crippen LogP contribution in [0.4, 0.5) is 0 Å². The first kappa shape index (κ1) is 55.2. The van der Waals surface area contributed by atoms with Gasteiger partial charge >= 0.3 is 34.4 Å². The fraction of sp³-hybridized carbons (Fsp3) is 0.273. The van der Waals surface area contributed by atoms with E-state index in [1.54, 1.807) is 6.08 Å². The number of hydrogen-bond acceptors (Lipinski definition) is 21. The van der Waals surface area contributed by atoms with Gasteiger partial charge in [0, 0.05) is 6.04 Å². The summed E-state index contributed by atoms with van der Waals surface area (Å²) in [6.07, 6.45) is 1.67. The number of nitrogens with one attached hydrogen (secondary N) is 2. The maximum Gasteiger partial charge on any atom is 0.346 e. The molecule has 0 fully saturated rings. The second-order valence-corrected chi connectivity index (χ2v) is 14.9. The summed E-state index contributed by atoms with van der Waals surface area (Å²) in [7, 11) is 0. The van der Waals surface area contributed by atoms with Crippen LogP contribution in [0.3, 0.4) is 0 Å². The second kappa shape index (κ2) is 24.2. The molecule has 12 N–H and O–H groups in total. The summed E-state index contributed by atoms with van der Waals surface area (Å²) < 4.78 is 20.4. The topological polar surface area (TPSA) is 437 Å². The molecule has 27 heteroatoms. The van der Waals surface area contributed by atoms with Crippen molar-refractivity contribution < 1.29 is 52.5 Å². The average molecular weight is 991 g/mol. The highest BCUT2D eigenvalue weighted by atomic mass is 16.6. The molecule has 2 atom stereocenters. The zero-order chi connectivity index (χ0) is 53.0. The highest BCUT2D eigenvalue weighted by molar-refractivity contribution is 6.12. The maximum atomic E-state index is 12.9. The number of carbonyl (C=O) groups excluding carboxylic acids is 2. The first-order valence-electron chi connectivity index (χ1n) is 20.6. The van der Waals surface area contributed by atoms with E-state index in [0.29, 0.717) is 37.1 Å². The molecule has 7 rings (SSSR count). The molecule has 71 heavy (non-hydrogen) atoms. The first-order valence-corrected chi connectivity index (χ1v) is 20.6. The number of aromatic nitrogens is 2. The van der Waals surface area contributed by atoms with Crippen LogP contribution in [0.5, 0.6) is 0 Å². The Labute approximate surface area is 395 Å². The molecule has 3 aromatic carbocycles. The van der Waals surface area contributed by atoms with Crippen molar-refractivity contribution in [1.82, 2.24) is 19.8 Å². The lowest BCUT2D eigenvalue weighted by molar-refractivity contribution is -0.0250. The van der Waals surface area contributed by atoms with Crippen LogP contribution in [-0.2, 0) is 27.6 Å². The van der Waals surface area contributed by atoms with Gasteiger partial charge in [-0.3, -0.25) is 42.7 Å². The molecule has 0 bridgehead atoms. The lowest BCUT2D eigenvalue weighted by Gasteiger charge is -2.12. The van der Waals surface area contributed by atoms with Crippen molar-refractivity contribution in [3.63, 3.8) is 0 Å². The molecule has 0 aliphatic heterocycles. The Hall–Kier alpha value is -8.44. The molecule has 2 amide bonds.